The molecule has 0 aromatic carbocycles. The van der Waals surface area contributed by atoms with Gasteiger partial charge >= 0.3 is 0 Å². The lowest BCUT2D eigenvalue weighted by atomic mass is 9.69. The van der Waals surface area contributed by atoms with E-state index >= 15 is 0 Å². The van der Waals surface area contributed by atoms with Gasteiger partial charge in [0.15, 0.2) is 0 Å². The third kappa shape index (κ3) is 0.953. The van der Waals surface area contributed by atoms with Crippen LogP contribution >= 0.6 is 11.6 Å². The molecule has 2 fully saturated rings. The van der Waals surface area contributed by atoms with Gasteiger partial charge in [0.05, 0.1) is 0 Å². The summed E-state index contributed by atoms with van der Waals surface area (Å²) < 4.78 is 0. The molecule has 2 aliphatic rings. The number of halogens is 1. The van der Waals surface area contributed by atoms with Crippen LogP contribution in [0.1, 0.15) is 33.1 Å². The summed E-state index contributed by atoms with van der Waals surface area (Å²) in [4.78, 5) is 11.2. The molecule has 0 unspecified atom stereocenters. The molecule has 1 nitrogen and oxygen atoms in total. The van der Waals surface area contributed by atoms with Gasteiger partial charge < -0.3 is 0 Å². The molecule has 2 aliphatic carbocycles. The van der Waals surface area contributed by atoms with Crippen molar-refractivity contribution in [3.8, 4) is 0 Å². The van der Waals surface area contributed by atoms with Crippen molar-refractivity contribution in [1.29, 1.82) is 0 Å². The Morgan fingerprint density at radius 1 is 1.42 bits per heavy atom. The standard InChI is InChI=1S/C10H15ClO/c1-10(2)7-4-3-6(5-7)8(10)9(11)12/h6-8H,3-5H2,1-2H3/t6-,7+,8-/m0/s1. The second-order valence-corrected chi connectivity index (χ2v) is 5.25. The summed E-state index contributed by atoms with van der Waals surface area (Å²) in [5.74, 6) is 1.48. The SMILES string of the molecule is CC1(C)[C@@H]2CC[C@@H](C2)[C@H]1C(=O)Cl. The Morgan fingerprint density at radius 3 is 2.42 bits per heavy atom. The van der Waals surface area contributed by atoms with Gasteiger partial charge in [-0.1, -0.05) is 13.8 Å². The lowest BCUT2D eigenvalue weighted by molar-refractivity contribution is -0.120. The van der Waals surface area contributed by atoms with Crippen LogP contribution in [-0.2, 0) is 4.79 Å². The monoisotopic (exact) mass is 186 g/mol. The zero-order valence-electron chi connectivity index (χ0n) is 7.64. The minimum Gasteiger partial charge on any atom is -0.281 e. The fourth-order valence-corrected chi connectivity index (χ4v) is 3.79. The Morgan fingerprint density at radius 2 is 2.08 bits per heavy atom. The molecule has 3 atom stereocenters. The predicted molar refractivity (Wildman–Crippen MR) is 49.0 cm³/mol. The average Bonchev–Trinajstić information content (AvgIpc) is 2.41. The molecule has 0 N–H and O–H groups in total. The summed E-state index contributed by atoms with van der Waals surface area (Å²) in [7, 11) is 0. The van der Waals surface area contributed by atoms with Gasteiger partial charge in [0.2, 0.25) is 5.24 Å². The maximum Gasteiger partial charge on any atom is 0.225 e. The molecule has 2 heteroatoms. The van der Waals surface area contributed by atoms with Gasteiger partial charge in [0.25, 0.3) is 0 Å². The van der Waals surface area contributed by atoms with Crippen molar-refractivity contribution in [3.05, 3.63) is 0 Å². The van der Waals surface area contributed by atoms with Gasteiger partial charge in [0, 0.05) is 5.92 Å². The van der Waals surface area contributed by atoms with Crippen LogP contribution in [0, 0.1) is 23.2 Å². The molecule has 0 spiro atoms. The normalized spacial score (nSPS) is 43.4. The molecule has 0 heterocycles. The summed E-state index contributed by atoms with van der Waals surface area (Å²) in [5, 5.41) is -0.104. The van der Waals surface area contributed by atoms with E-state index in [0.29, 0.717) is 5.92 Å². The van der Waals surface area contributed by atoms with Gasteiger partial charge in [-0.3, -0.25) is 4.79 Å². The highest BCUT2D eigenvalue weighted by molar-refractivity contribution is 6.64. The molecule has 2 saturated carbocycles. The third-order valence-corrected chi connectivity index (χ3v) is 4.28. The highest BCUT2D eigenvalue weighted by atomic mass is 35.5. The van der Waals surface area contributed by atoms with Gasteiger partial charge in [0.1, 0.15) is 0 Å². The summed E-state index contributed by atoms with van der Waals surface area (Å²) in [6, 6.07) is 0. The van der Waals surface area contributed by atoms with E-state index in [2.05, 4.69) is 13.8 Å². The Kier molecular flexibility index (Phi) is 1.76. The quantitative estimate of drug-likeness (QED) is 0.576. The van der Waals surface area contributed by atoms with Gasteiger partial charge in [-0.25, -0.2) is 0 Å². The highest BCUT2D eigenvalue weighted by Gasteiger charge is 2.55. The van der Waals surface area contributed by atoms with Crippen molar-refractivity contribution in [2.24, 2.45) is 23.2 Å². The van der Waals surface area contributed by atoms with Crippen molar-refractivity contribution < 1.29 is 4.79 Å². The lowest BCUT2D eigenvalue weighted by Crippen LogP contribution is -2.34. The van der Waals surface area contributed by atoms with Crippen LogP contribution in [0.2, 0.25) is 0 Å². The minimum atomic E-state index is -0.104. The second-order valence-electron chi connectivity index (χ2n) is 4.87. The third-order valence-electron chi connectivity index (χ3n) is 4.04. The van der Waals surface area contributed by atoms with Crippen molar-refractivity contribution in [2.45, 2.75) is 33.1 Å². The fraction of sp³-hybridized carbons (Fsp3) is 0.900. The first-order valence-corrected chi connectivity index (χ1v) is 5.10. The van der Waals surface area contributed by atoms with E-state index in [1.54, 1.807) is 0 Å². The van der Waals surface area contributed by atoms with Crippen molar-refractivity contribution in [3.63, 3.8) is 0 Å². The summed E-state index contributed by atoms with van der Waals surface area (Å²) >= 11 is 5.62. The molecule has 68 valence electrons. The molecule has 2 bridgehead atoms. The van der Waals surface area contributed by atoms with Crippen LogP contribution < -0.4 is 0 Å². The molecular weight excluding hydrogens is 172 g/mol. The maximum absolute atomic E-state index is 11.2. The van der Waals surface area contributed by atoms with Crippen LogP contribution in [0.15, 0.2) is 0 Å². The van der Waals surface area contributed by atoms with E-state index in [1.165, 1.54) is 19.3 Å². The van der Waals surface area contributed by atoms with E-state index in [1.807, 2.05) is 0 Å². The molecule has 12 heavy (non-hydrogen) atoms. The molecule has 2 rings (SSSR count). The number of carbonyl (C=O) groups is 1. The summed E-state index contributed by atoms with van der Waals surface area (Å²) in [6.45, 7) is 4.39. The van der Waals surface area contributed by atoms with Crippen LogP contribution in [0.5, 0.6) is 0 Å². The zero-order chi connectivity index (χ0) is 8.93. The van der Waals surface area contributed by atoms with E-state index in [9.17, 15) is 4.79 Å². The molecule has 0 aliphatic heterocycles. The lowest BCUT2D eigenvalue weighted by Gasteiger charge is -2.35. The number of hydrogen-bond acceptors (Lipinski definition) is 1. The number of carbonyl (C=O) groups excluding carboxylic acids is 1. The van der Waals surface area contributed by atoms with Crippen LogP contribution in [0.4, 0.5) is 0 Å². The van der Waals surface area contributed by atoms with Crippen molar-refractivity contribution in [1.82, 2.24) is 0 Å². The van der Waals surface area contributed by atoms with Crippen molar-refractivity contribution >= 4 is 16.8 Å². The summed E-state index contributed by atoms with van der Waals surface area (Å²) in [5.41, 5.74) is 0.168. The molecular formula is C10H15ClO. The van der Waals surface area contributed by atoms with E-state index in [0.717, 1.165) is 5.92 Å². The molecule has 0 amide bonds. The highest BCUT2D eigenvalue weighted by Crippen LogP contribution is 2.59. The first kappa shape index (κ1) is 8.55. The van der Waals surface area contributed by atoms with Gasteiger partial charge in [-0.05, 0) is 48.1 Å². The van der Waals surface area contributed by atoms with E-state index < -0.39 is 0 Å². The van der Waals surface area contributed by atoms with Gasteiger partial charge in [-0.2, -0.15) is 0 Å². The van der Waals surface area contributed by atoms with Crippen molar-refractivity contribution in [2.75, 3.05) is 0 Å². The number of fused-ring (bicyclic) bond motifs is 2. The number of hydrogen-bond donors (Lipinski definition) is 0. The zero-order valence-corrected chi connectivity index (χ0v) is 8.40. The maximum atomic E-state index is 11.2. The number of rotatable bonds is 1. The fourth-order valence-electron chi connectivity index (χ4n) is 3.33. The molecule has 0 aromatic rings. The van der Waals surface area contributed by atoms with Crippen LogP contribution in [0.25, 0.3) is 0 Å². The second kappa shape index (κ2) is 2.47. The van der Waals surface area contributed by atoms with E-state index in [4.69, 9.17) is 11.6 Å². The van der Waals surface area contributed by atoms with E-state index in [-0.39, 0.29) is 16.6 Å². The first-order chi connectivity index (χ1) is 5.53. The topological polar surface area (TPSA) is 17.1 Å². The molecule has 0 saturated heterocycles. The average molecular weight is 187 g/mol. The van der Waals surface area contributed by atoms with Crippen LogP contribution in [-0.4, -0.2) is 5.24 Å². The Bertz CT molecular complexity index is 222. The Labute approximate surface area is 78.5 Å². The molecule has 0 radical (unpaired) electrons. The largest absolute Gasteiger partial charge is 0.281 e. The predicted octanol–water partition coefficient (Wildman–Crippen LogP) is 2.82. The Balaban J connectivity index is 2.29. The first-order valence-electron chi connectivity index (χ1n) is 4.73. The minimum absolute atomic E-state index is 0.104. The molecule has 0 aromatic heterocycles. The Hall–Kier alpha value is -0.0400. The van der Waals surface area contributed by atoms with Gasteiger partial charge in [-0.15, -0.1) is 0 Å². The summed E-state index contributed by atoms with van der Waals surface area (Å²) in [6.07, 6.45) is 3.76. The van der Waals surface area contributed by atoms with Crippen LogP contribution in [0.3, 0.4) is 0 Å². The smallest absolute Gasteiger partial charge is 0.225 e.